The van der Waals surface area contributed by atoms with E-state index in [1.807, 2.05) is 18.2 Å². The number of fused-ring (bicyclic) bond motifs is 1. The number of hydrogen-bond donors (Lipinski definition) is 2. The van der Waals surface area contributed by atoms with Gasteiger partial charge in [0.25, 0.3) is 5.91 Å². The topological polar surface area (TPSA) is 61.8 Å². The van der Waals surface area contributed by atoms with Crippen LogP contribution in [0.3, 0.4) is 0 Å². The van der Waals surface area contributed by atoms with Crippen molar-refractivity contribution in [2.45, 2.75) is 13.1 Å². The Morgan fingerprint density at radius 2 is 1.80 bits per heavy atom. The van der Waals surface area contributed by atoms with Crippen molar-refractivity contribution < 1.29 is 14.7 Å². The van der Waals surface area contributed by atoms with E-state index in [1.54, 1.807) is 18.7 Å². The molecule has 0 radical (unpaired) electrons. The molecule has 6 heteroatoms. The van der Waals surface area contributed by atoms with Crippen molar-refractivity contribution in [3.8, 4) is 5.75 Å². The number of amides is 1. The van der Waals surface area contributed by atoms with Crippen LogP contribution in [0, 0.1) is 0 Å². The number of hydrogen-bond acceptors (Lipinski definition) is 5. The number of ether oxygens (including phenoxy) is 1. The number of nitrogens with one attached hydrogen (secondary N) is 1. The third-order valence-corrected chi connectivity index (χ3v) is 5.07. The molecule has 130 valence electrons. The third-order valence-electron chi connectivity index (χ3n) is 3.97. The summed E-state index contributed by atoms with van der Waals surface area (Å²) in [6.07, 6.45) is 0. The van der Waals surface area contributed by atoms with Gasteiger partial charge in [-0.05, 0) is 47.8 Å². The first kappa shape index (κ1) is 17.4. The highest BCUT2D eigenvalue weighted by molar-refractivity contribution is 7.20. The number of hydroxylamine groups is 1. The fourth-order valence-electron chi connectivity index (χ4n) is 2.75. The first-order valence-electron chi connectivity index (χ1n) is 7.87. The highest BCUT2D eigenvalue weighted by Gasteiger charge is 2.10. The fraction of sp³-hybridized carbons (Fsp3) is 0.211. The second kappa shape index (κ2) is 7.65. The molecule has 0 saturated heterocycles. The van der Waals surface area contributed by atoms with Crippen LogP contribution in [0.15, 0.2) is 48.5 Å². The maximum absolute atomic E-state index is 11.5. The molecule has 0 aliphatic heterocycles. The summed E-state index contributed by atoms with van der Waals surface area (Å²) in [6.45, 7) is 1.64. The fourth-order valence-corrected chi connectivity index (χ4v) is 3.77. The van der Waals surface area contributed by atoms with Crippen molar-refractivity contribution in [1.29, 1.82) is 0 Å². The van der Waals surface area contributed by atoms with Crippen LogP contribution in [0.5, 0.6) is 5.75 Å². The van der Waals surface area contributed by atoms with E-state index >= 15 is 0 Å². The zero-order valence-corrected chi connectivity index (χ0v) is 15.0. The average molecular weight is 356 g/mol. The van der Waals surface area contributed by atoms with Crippen molar-refractivity contribution in [2.24, 2.45) is 0 Å². The monoisotopic (exact) mass is 356 g/mol. The predicted molar refractivity (Wildman–Crippen MR) is 99.2 cm³/mol. The molecule has 3 rings (SSSR count). The minimum absolute atomic E-state index is 0.473. The molecule has 0 spiro atoms. The number of nitrogens with zero attached hydrogens (tertiary/aromatic N) is 1. The molecule has 0 bridgehead atoms. The molecular weight excluding hydrogens is 336 g/mol. The quantitative estimate of drug-likeness (QED) is 0.523. The summed E-state index contributed by atoms with van der Waals surface area (Å²) in [4.78, 5) is 14.3. The number of benzene rings is 2. The van der Waals surface area contributed by atoms with Gasteiger partial charge in [-0.3, -0.25) is 14.9 Å². The van der Waals surface area contributed by atoms with Gasteiger partial charge < -0.3 is 4.74 Å². The number of carbonyl (C=O) groups is 1. The molecule has 2 N–H and O–H groups in total. The van der Waals surface area contributed by atoms with Crippen molar-refractivity contribution >= 4 is 27.3 Å². The Hall–Kier alpha value is -2.41. The van der Waals surface area contributed by atoms with Gasteiger partial charge in [0.2, 0.25) is 0 Å². The Bertz CT molecular complexity index is 874. The van der Waals surface area contributed by atoms with Crippen LogP contribution < -0.4 is 10.2 Å². The largest absolute Gasteiger partial charge is 0.497 e. The summed E-state index contributed by atoms with van der Waals surface area (Å²) < 4.78 is 6.22. The maximum atomic E-state index is 11.5. The molecule has 2 aromatic carbocycles. The molecule has 1 heterocycles. The van der Waals surface area contributed by atoms with E-state index in [0.717, 1.165) is 28.9 Å². The van der Waals surface area contributed by atoms with Crippen molar-refractivity contribution in [3.05, 3.63) is 64.5 Å². The predicted octanol–water partition coefficient (Wildman–Crippen LogP) is 3.66. The summed E-state index contributed by atoms with van der Waals surface area (Å²) in [6, 6.07) is 16.0. The molecule has 0 atom stereocenters. The minimum Gasteiger partial charge on any atom is -0.497 e. The zero-order valence-electron chi connectivity index (χ0n) is 14.2. The van der Waals surface area contributed by atoms with Crippen molar-refractivity contribution in [2.75, 3.05) is 14.2 Å². The maximum Gasteiger partial charge on any atom is 0.284 e. The molecule has 1 amide bonds. The molecule has 0 fully saturated rings. The lowest BCUT2D eigenvalue weighted by Gasteiger charge is -2.17. The second-order valence-corrected chi connectivity index (χ2v) is 7.03. The Kier molecular flexibility index (Phi) is 5.33. The van der Waals surface area contributed by atoms with Crippen LogP contribution in [-0.4, -0.2) is 30.2 Å². The molecule has 0 aliphatic carbocycles. The van der Waals surface area contributed by atoms with E-state index in [0.29, 0.717) is 4.88 Å². The van der Waals surface area contributed by atoms with Gasteiger partial charge in [0.05, 0.1) is 12.0 Å². The van der Waals surface area contributed by atoms with Gasteiger partial charge in [-0.2, -0.15) is 0 Å². The van der Waals surface area contributed by atoms with E-state index < -0.39 is 5.91 Å². The molecule has 0 aliphatic rings. The Morgan fingerprint density at radius 3 is 2.48 bits per heavy atom. The van der Waals surface area contributed by atoms with E-state index in [1.165, 1.54) is 22.5 Å². The number of carbonyl (C=O) groups excluding carboxylic acids is 1. The molecule has 25 heavy (non-hydrogen) atoms. The van der Waals surface area contributed by atoms with Gasteiger partial charge >= 0.3 is 0 Å². The summed E-state index contributed by atoms with van der Waals surface area (Å²) in [5.41, 5.74) is 4.09. The highest BCUT2D eigenvalue weighted by Crippen LogP contribution is 2.27. The summed E-state index contributed by atoms with van der Waals surface area (Å²) in [7, 11) is 3.74. The molecule has 5 nitrogen and oxygen atoms in total. The Labute approximate surface area is 150 Å². The van der Waals surface area contributed by atoms with Gasteiger partial charge in [0.15, 0.2) is 0 Å². The zero-order chi connectivity index (χ0) is 17.8. The summed E-state index contributed by atoms with van der Waals surface area (Å²) in [5, 5.41) is 9.76. The summed E-state index contributed by atoms with van der Waals surface area (Å²) in [5.74, 6) is 0.386. The Morgan fingerprint density at radius 1 is 1.12 bits per heavy atom. The van der Waals surface area contributed by atoms with Gasteiger partial charge in [-0.1, -0.05) is 24.3 Å². The van der Waals surface area contributed by atoms with Gasteiger partial charge in [-0.15, -0.1) is 11.3 Å². The van der Waals surface area contributed by atoms with E-state index in [4.69, 9.17) is 9.94 Å². The third kappa shape index (κ3) is 4.17. The first-order chi connectivity index (χ1) is 12.1. The van der Waals surface area contributed by atoms with E-state index in [9.17, 15) is 4.79 Å². The minimum atomic E-state index is -0.473. The lowest BCUT2D eigenvalue weighted by molar-refractivity contribution is 0.0711. The van der Waals surface area contributed by atoms with Crippen molar-refractivity contribution in [3.63, 3.8) is 0 Å². The smallest absolute Gasteiger partial charge is 0.284 e. The van der Waals surface area contributed by atoms with Gasteiger partial charge in [0.1, 0.15) is 5.75 Å². The van der Waals surface area contributed by atoms with Crippen molar-refractivity contribution in [1.82, 2.24) is 10.4 Å². The highest BCUT2D eigenvalue weighted by atomic mass is 32.1. The van der Waals surface area contributed by atoms with E-state index in [-0.39, 0.29) is 0 Å². The number of rotatable bonds is 6. The number of methoxy groups -OCH3 is 1. The molecule has 0 unspecified atom stereocenters. The van der Waals surface area contributed by atoms with Crippen LogP contribution in [0.1, 0.15) is 20.8 Å². The molecule has 0 saturated carbocycles. The molecular formula is C19H20N2O3S. The lowest BCUT2D eigenvalue weighted by atomic mass is 10.1. The standard InChI is InChI=1S/C19H20N2O3S/c1-21(11-13-4-7-16(24-2)8-5-13)12-14-3-6-15-10-18(19(22)20-23)25-17(15)9-14/h3-10,23H,11-12H2,1-2H3,(H,20,22). The van der Waals surface area contributed by atoms with Crippen LogP contribution in [0.2, 0.25) is 0 Å². The van der Waals surface area contributed by atoms with Crippen LogP contribution in [-0.2, 0) is 13.1 Å². The average Bonchev–Trinajstić information content (AvgIpc) is 3.05. The van der Waals surface area contributed by atoms with Crippen LogP contribution >= 0.6 is 11.3 Å². The molecule has 1 aromatic heterocycles. The van der Waals surface area contributed by atoms with Gasteiger partial charge in [0, 0.05) is 17.8 Å². The van der Waals surface area contributed by atoms with Crippen LogP contribution in [0.4, 0.5) is 0 Å². The first-order valence-corrected chi connectivity index (χ1v) is 8.69. The Balaban J connectivity index is 1.69. The second-order valence-electron chi connectivity index (χ2n) is 5.94. The van der Waals surface area contributed by atoms with Crippen LogP contribution in [0.25, 0.3) is 10.1 Å². The lowest BCUT2D eigenvalue weighted by Crippen LogP contribution is -2.17. The summed E-state index contributed by atoms with van der Waals surface area (Å²) >= 11 is 1.37. The SMILES string of the molecule is COc1ccc(CN(C)Cc2ccc3cc(C(=O)NO)sc3c2)cc1. The number of thiophene rings is 1. The van der Waals surface area contributed by atoms with E-state index in [2.05, 4.69) is 36.2 Å². The van der Waals surface area contributed by atoms with Gasteiger partial charge in [-0.25, -0.2) is 5.48 Å². The normalized spacial score (nSPS) is 11.0. The molecule has 3 aromatic rings.